The van der Waals surface area contributed by atoms with Gasteiger partial charge in [-0.05, 0) is 13.0 Å². The number of hydrogen-bond donors (Lipinski definition) is 3. The molecule has 5 nitrogen and oxygen atoms in total. The van der Waals surface area contributed by atoms with E-state index in [9.17, 15) is 4.79 Å². The smallest absolute Gasteiger partial charge is 0.303 e. The minimum absolute atomic E-state index is 0.110. The number of nitrogens with one attached hydrogen (secondary N) is 2. The van der Waals surface area contributed by atoms with Crippen LogP contribution in [0.3, 0.4) is 0 Å². The number of aromatic nitrogens is 3. The zero-order valence-corrected chi connectivity index (χ0v) is 8.95. The number of aliphatic carboxylic acids is 1. The Balaban J connectivity index is 2.27. The van der Waals surface area contributed by atoms with Gasteiger partial charge in [-0.3, -0.25) is 4.79 Å². The molecule has 2 heterocycles. The van der Waals surface area contributed by atoms with Gasteiger partial charge in [-0.1, -0.05) is 0 Å². The number of nitrogens with zero attached hydrogens (tertiary/aromatic N) is 1. The Hall–Kier alpha value is -2.04. The van der Waals surface area contributed by atoms with Crippen molar-refractivity contribution in [3.05, 3.63) is 30.0 Å². The summed E-state index contributed by atoms with van der Waals surface area (Å²) >= 11 is 0. The molecule has 16 heavy (non-hydrogen) atoms. The van der Waals surface area contributed by atoms with Crippen LogP contribution in [-0.2, 0) is 11.2 Å². The van der Waals surface area contributed by atoms with E-state index in [0.29, 0.717) is 6.42 Å². The van der Waals surface area contributed by atoms with Gasteiger partial charge in [0.05, 0.1) is 12.1 Å². The highest BCUT2D eigenvalue weighted by Crippen LogP contribution is 2.21. The molecule has 0 amide bonds. The van der Waals surface area contributed by atoms with Crippen molar-refractivity contribution >= 4 is 5.97 Å². The predicted octanol–water partition coefficient (Wildman–Crippen LogP) is 1.73. The lowest BCUT2D eigenvalue weighted by Gasteiger charge is -1.98. The first kappa shape index (κ1) is 10.5. The lowest BCUT2D eigenvalue weighted by atomic mass is 10.1. The van der Waals surface area contributed by atoms with E-state index in [1.165, 1.54) is 0 Å². The van der Waals surface area contributed by atoms with Crippen LogP contribution in [0.25, 0.3) is 11.3 Å². The van der Waals surface area contributed by atoms with E-state index >= 15 is 0 Å². The molecule has 0 aliphatic carbocycles. The lowest BCUT2D eigenvalue weighted by molar-refractivity contribution is -0.136. The molecule has 0 aliphatic rings. The molecular weight excluding hydrogens is 206 g/mol. The Kier molecular flexibility index (Phi) is 2.76. The number of carbonyl (C=O) groups is 1. The standard InChI is InChI=1S/C11H13N3O2/c1-7-13-9(2-3-10(15)16)11(14-7)8-4-5-12-6-8/h4-6,12H,2-3H2,1H3,(H,13,14)(H,15,16). The molecule has 0 aromatic carbocycles. The van der Waals surface area contributed by atoms with Crippen LogP contribution in [0, 0.1) is 6.92 Å². The second kappa shape index (κ2) is 4.22. The van der Waals surface area contributed by atoms with Crippen molar-refractivity contribution in [2.75, 3.05) is 0 Å². The van der Waals surface area contributed by atoms with Crippen LogP contribution in [0.15, 0.2) is 18.5 Å². The summed E-state index contributed by atoms with van der Waals surface area (Å²) in [4.78, 5) is 21.0. The number of carboxylic acids is 1. The molecule has 0 bridgehead atoms. The minimum atomic E-state index is -0.799. The Labute approximate surface area is 92.5 Å². The molecule has 0 fully saturated rings. The monoisotopic (exact) mass is 219 g/mol. The molecule has 0 spiro atoms. The first-order valence-corrected chi connectivity index (χ1v) is 5.07. The molecule has 5 heteroatoms. The van der Waals surface area contributed by atoms with E-state index in [0.717, 1.165) is 22.8 Å². The summed E-state index contributed by atoms with van der Waals surface area (Å²) < 4.78 is 0. The normalized spacial score (nSPS) is 10.6. The van der Waals surface area contributed by atoms with Crippen molar-refractivity contribution in [1.82, 2.24) is 15.0 Å². The van der Waals surface area contributed by atoms with E-state index in [1.54, 1.807) is 0 Å². The quantitative estimate of drug-likeness (QED) is 0.732. The van der Waals surface area contributed by atoms with Gasteiger partial charge in [-0.15, -0.1) is 0 Å². The molecule has 0 saturated carbocycles. The van der Waals surface area contributed by atoms with Gasteiger partial charge in [0.25, 0.3) is 0 Å². The molecule has 2 aromatic heterocycles. The fourth-order valence-corrected chi connectivity index (χ4v) is 1.66. The molecule has 2 rings (SSSR count). The van der Waals surface area contributed by atoms with Crippen molar-refractivity contribution in [2.24, 2.45) is 0 Å². The Morgan fingerprint density at radius 3 is 3.00 bits per heavy atom. The molecular formula is C11H13N3O2. The summed E-state index contributed by atoms with van der Waals surface area (Å²) in [5, 5.41) is 8.66. The third-order valence-corrected chi connectivity index (χ3v) is 2.36. The third-order valence-electron chi connectivity index (χ3n) is 2.36. The molecule has 0 aliphatic heterocycles. The van der Waals surface area contributed by atoms with Crippen molar-refractivity contribution in [1.29, 1.82) is 0 Å². The third kappa shape index (κ3) is 2.13. The summed E-state index contributed by atoms with van der Waals surface area (Å²) in [6.45, 7) is 1.86. The largest absolute Gasteiger partial charge is 0.481 e. The lowest BCUT2D eigenvalue weighted by Crippen LogP contribution is -1.98. The Morgan fingerprint density at radius 1 is 1.56 bits per heavy atom. The van der Waals surface area contributed by atoms with Gasteiger partial charge in [0, 0.05) is 30.1 Å². The summed E-state index contributed by atoms with van der Waals surface area (Å²) in [5.41, 5.74) is 2.68. The van der Waals surface area contributed by atoms with E-state index in [4.69, 9.17) is 5.11 Å². The number of H-pyrrole nitrogens is 2. The fraction of sp³-hybridized carbons (Fsp3) is 0.273. The highest BCUT2D eigenvalue weighted by molar-refractivity contribution is 5.68. The maximum absolute atomic E-state index is 10.5. The van der Waals surface area contributed by atoms with Crippen LogP contribution in [0.2, 0.25) is 0 Å². The molecule has 3 N–H and O–H groups in total. The van der Waals surface area contributed by atoms with Gasteiger partial charge in [-0.2, -0.15) is 0 Å². The predicted molar refractivity (Wildman–Crippen MR) is 59.1 cm³/mol. The van der Waals surface area contributed by atoms with Crippen LogP contribution in [0.5, 0.6) is 0 Å². The number of aromatic amines is 2. The molecule has 0 saturated heterocycles. The number of carboxylic acid groups (broad SMARTS) is 1. The van der Waals surface area contributed by atoms with Crippen LogP contribution < -0.4 is 0 Å². The summed E-state index contributed by atoms with van der Waals surface area (Å²) in [6.07, 6.45) is 4.25. The van der Waals surface area contributed by atoms with Gasteiger partial charge >= 0.3 is 5.97 Å². The Bertz CT molecular complexity index is 485. The summed E-state index contributed by atoms with van der Waals surface area (Å²) in [6, 6.07) is 1.92. The van der Waals surface area contributed by atoms with Gasteiger partial charge in [0.2, 0.25) is 0 Å². The van der Waals surface area contributed by atoms with Crippen LogP contribution in [0.1, 0.15) is 17.9 Å². The van der Waals surface area contributed by atoms with E-state index in [1.807, 2.05) is 25.4 Å². The van der Waals surface area contributed by atoms with E-state index in [2.05, 4.69) is 15.0 Å². The van der Waals surface area contributed by atoms with Crippen molar-refractivity contribution in [2.45, 2.75) is 19.8 Å². The first-order chi connectivity index (χ1) is 7.66. The van der Waals surface area contributed by atoms with Gasteiger partial charge in [-0.25, -0.2) is 4.98 Å². The number of rotatable bonds is 4. The van der Waals surface area contributed by atoms with Crippen LogP contribution >= 0.6 is 0 Å². The average Bonchev–Trinajstić information content (AvgIpc) is 2.82. The average molecular weight is 219 g/mol. The molecule has 84 valence electrons. The Morgan fingerprint density at radius 2 is 2.38 bits per heavy atom. The van der Waals surface area contributed by atoms with Crippen LogP contribution in [0.4, 0.5) is 0 Å². The zero-order valence-electron chi connectivity index (χ0n) is 8.95. The van der Waals surface area contributed by atoms with Crippen LogP contribution in [-0.4, -0.2) is 26.0 Å². The highest BCUT2D eigenvalue weighted by Gasteiger charge is 2.11. The SMILES string of the molecule is Cc1nc(-c2cc[nH]c2)c(CCC(=O)O)[nH]1. The highest BCUT2D eigenvalue weighted by atomic mass is 16.4. The molecule has 0 radical (unpaired) electrons. The van der Waals surface area contributed by atoms with E-state index < -0.39 is 5.97 Å². The summed E-state index contributed by atoms with van der Waals surface area (Å²) in [5.74, 6) is 0.00357. The molecule has 0 unspecified atom stereocenters. The maximum atomic E-state index is 10.5. The zero-order chi connectivity index (χ0) is 11.5. The maximum Gasteiger partial charge on any atom is 0.303 e. The molecule has 0 atom stereocenters. The van der Waals surface area contributed by atoms with Crippen molar-refractivity contribution in [3.8, 4) is 11.3 Å². The minimum Gasteiger partial charge on any atom is -0.481 e. The van der Waals surface area contributed by atoms with Crippen molar-refractivity contribution in [3.63, 3.8) is 0 Å². The number of aryl methyl sites for hydroxylation is 2. The van der Waals surface area contributed by atoms with E-state index in [-0.39, 0.29) is 6.42 Å². The fourth-order valence-electron chi connectivity index (χ4n) is 1.66. The topological polar surface area (TPSA) is 81.8 Å². The van der Waals surface area contributed by atoms with Gasteiger partial charge in [0.1, 0.15) is 5.82 Å². The number of imidazole rings is 1. The van der Waals surface area contributed by atoms with Gasteiger partial charge in [0.15, 0.2) is 0 Å². The first-order valence-electron chi connectivity index (χ1n) is 5.07. The molecule has 2 aromatic rings. The second-order valence-electron chi connectivity index (χ2n) is 3.64. The number of hydrogen-bond acceptors (Lipinski definition) is 2. The van der Waals surface area contributed by atoms with Gasteiger partial charge < -0.3 is 15.1 Å². The second-order valence-corrected chi connectivity index (χ2v) is 3.64. The van der Waals surface area contributed by atoms with Crippen molar-refractivity contribution < 1.29 is 9.90 Å². The summed E-state index contributed by atoms with van der Waals surface area (Å²) in [7, 11) is 0.